The van der Waals surface area contributed by atoms with Crippen LogP contribution in [0.4, 0.5) is 33.5 Å². The van der Waals surface area contributed by atoms with Gasteiger partial charge >= 0.3 is 6.18 Å². The zero-order valence-electron chi connectivity index (χ0n) is 21.2. The number of benzene rings is 2. The zero-order valence-corrected chi connectivity index (χ0v) is 21.2. The van der Waals surface area contributed by atoms with Crippen LogP contribution in [0.5, 0.6) is 5.75 Å². The second-order valence-corrected chi connectivity index (χ2v) is 8.88. The smallest absolute Gasteiger partial charge is 0.433 e. The highest BCUT2D eigenvalue weighted by atomic mass is 19.4. The van der Waals surface area contributed by atoms with Gasteiger partial charge in [-0.05, 0) is 42.0 Å². The van der Waals surface area contributed by atoms with Crippen molar-refractivity contribution in [2.24, 2.45) is 10.1 Å². The van der Waals surface area contributed by atoms with Gasteiger partial charge in [-0.1, -0.05) is 0 Å². The molecule has 1 aliphatic heterocycles. The number of nitrogens with two attached hydrogens (primary N) is 1. The predicted octanol–water partition coefficient (Wildman–Crippen LogP) is 0.967. The van der Waals surface area contributed by atoms with Crippen molar-refractivity contribution in [3.05, 3.63) is 77.0 Å². The van der Waals surface area contributed by atoms with Gasteiger partial charge in [-0.15, -0.1) is 0 Å². The molecule has 5 unspecified atom stereocenters. The van der Waals surface area contributed by atoms with Crippen LogP contribution >= 0.6 is 0 Å². The van der Waals surface area contributed by atoms with Gasteiger partial charge in [-0.3, -0.25) is 5.41 Å². The van der Waals surface area contributed by atoms with Crippen LogP contribution in [0.1, 0.15) is 11.1 Å². The number of aliphatic hydroxyl groups excluding tert-OH is 4. The fourth-order valence-corrected chi connectivity index (χ4v) is 3.77. The number of hydrogen-bond donors (Lipinski definition) is 6. The molecule has 4 rings (SSSR count). The lowest BCUT2D eigenvalue weighted by molar-refractivity contribution is -0.277. The SMILES string of the molecule is N=C(c1c(N)n(/N=C/c2ccc(OC3OC(CO)C(O)C(O)C3O)cc2)cnc1=Nc1ccc(F)cc1F)C(F)(F)F. The first-order valence-electron chi connectivity index (χ1n) is 11.9. The average molecular weight is 598 g/mol. The number of ether oxygens (including phenoxy) is 2. The monoisotopic (exact) mass is 598 g/mol. The average Bonchev–Trinajstić information content (AvgIpc) is 2.94. The van der Waals surface area contributed by atoms with Crippen molar-refractivity contribution < 1.29 is 51.9 Å². The Bertz CT molecular complexity index is 1550. The quantitative estimate of drug-likeness (QED) is 0.171. The molecule has 1 saturated heterocycles. The molecule has 17 heteroatoms. The lowest BCUT2D eigenvalue weighted by Crippen LogP contribution is -2.60. The molecule has 1 aromatic heterocycles. The fourth-order valence-electron chi connectivity index (χ4n) is 3.77. The summed E-state index contributed by atoms with van der Waals surface area (Å²) < 4.78 is 79.2. The van der Waals surface area contributed by atoms with Crippen LogP contribution in [0.15, 0.2) is 58.9 Å². The summed E-state index contributed by atoms with van der Waals surface area (Å²) in [5.74, 6) is -2.66. The van der Waals surface area contributed by atoms with Gasteiger partial charge in [0.05, 0.1) is 18.4 Å². The van der Waals surface area contributed by atoms with E-state index in [-0.39, 0.29) is 5.75 Å². The molecule has 7 N–H and O–H groups in total. The number of rotatable bonds is 7. The Morgan fingerprint density at radius 1 is 1.10 bits per heavy atom. The number of aromatic nitrogens is 2. The number of anilines is 1. The van der Waals surface area contributed by atoms with Gasteiger partial charge in [-0.25, -0.2) is 23.4 Å². The van der Waals surface area contributed by atoms with Gasteiger partial charge in [0.2, 0.25) is 6.29 Å². The van der Waals surface area contributed by atoms with Crippen molar-refractivity contribution in [2.45, 2.75) is 36.9 Å². The second kappa shape index (κ2) is 12.3. The van der Waals surface area contributed by atoms with E-state index in [1.54, 1.807) is 0 Å². The van der Waals surface area contributed by atoms with E-state index in [0.717, 1.165) is 23.1 Å². The lowest BCUT2D eigenvalue weighted by atomic mass is 9.99. The summed E-state index contributed by atoms with van der Waals surface area (Å²) in [7, 11) is 0. The number of alkyl halides is 3. The van der Waals surface area contributed by atoms with Crippen LogP contribution < -0.4 is 16.0 Å². The summed E-state index contributed by atoms with van der Waals surface area (Å²) in [6.07, 6.45) is -10.5. The van der Waals surface area contributed by atoms with E-state index in [1.807, 2.05) is 0 Å². The van der Waals surface area contributed by atoms with Crippen molar-refractivity contribution >= 4 is 23.4 Å². The van der Waals surface area contributed by atoms with Gasteiger partial charge in [0, 0.05) is 6.07 Å². The Balaban J connectivity index is 1.60. The molecule has 0 radical (unpaired) electrons. The highest BCUT2D eigenvalue weighted by Gasteiger charge is 2.44. The summed E-state index contributed by atoms with van der Waals surface area (Å²) in [6, 6.07) is 7.91. The molecule has 42 heavy (non-hydrogen) atoms. The molecule has 1 aliphatic rings. The van der Waals surface area contributed by atoms with Crippen LogP contribution in [-0.2, 0) is 4.74 Å². The van der Waals surface area contributed by atoms with E-state index in [9.17, 15) is 42.4 Å². The molecule has 5 atom stereocenters. The van der Waals surface area contributed by atoms with Crippen LogP contribution in [0.25, 0.3) is 0 Å². The highest BCUT2D eigenvalue weighted by Crippen LogP contribution is 2.26. The Kier molecular flexibility index (Phi) is 8.97. The van der Waals surface area contributed by atoms with Gasteiger partial charge in [0.15, 0.2) is 17.0 Å². The third-order valence-electron chi connectivity index (χ3n) is 6.00. The van der Waals surface area contributed by atoms with Crippen molar-refractivity contribution in [1.29, 1.82) is 5.41 Å². The normalized spacial score (nSPS) is 23.4. The molecule has 2 aromatic carbocycles. The fraction of sp³-hybridized carbons (Fsp3) is 0.280. The van der Waals surface area contributed by atoms with E-state index >= 15 is 0 Å². The van der Waals surface area contributed by atoms with Crippen LogP contribution in [-0.4, -0.2) is 85.5 Å². The lowest BCUT2D eigenvalue weighted by Gasteiger charge is -2.39. The number of aliphatic hydroxyl groups is 4. The number of nitrogens with zero attached hydrogens (tertiary/aromatic N) is 4. The topological polar surface area (TPSA) is 192 Å². The minimum Gasteiger partial charge on any atom is -0.462 e. The summed E-state index contributed by atoms with van der Waals surface area (Å²) in [5.41, 5.74) is 2.06. The van der Waals surface area contributed by atoms with Crippen LogP contribution in [0, 0.1) is 17.0 Å². The largest absolute Gasteiger partial charge is 0.462 e. The maximum atomic E-state index is 14.1. The Morgan fingerprint density at radius 3 is 2.40 bits per heavy atom. The molecule has 2 heterocycles. The number of halogens is 5. The first-order valence-corrected chi connectivity index (χ1v) is 11.9. The zero-order chi connectivity index (χ0) is 30.8. The Labute approximate surface area is 232 Å². The van der Waals surface area contributed by atoms with Gasteiger partial charge in [0.1, 0.15) is 53.8 Å². The molecule has 0 bridgehead atoms. The molecule has 3 aromatic rings. The molecular formula is C25H23F5N6O6. The van der Waals surface area contributed by atoms with Crippen molar-refractivity contribution in [1.82, 2.24) is 9.66 Å². The summed E-state index contributed by atoms with van der Waals surface area (Å²) in [5, 5.41) is 50.7. The Hall–Kier alpha value is -4.29. The van der Waals surface area contributed by atoms with Gasteiger partial charge < -0.3 is 35.6 Å². The van der Waals surface area contributed by atoms with E-state index in [1.165, 1.54) is 30.5 Å². The Morgan fingerprint density at radius 2 is 1.79 bits per heavy atom. The molecule has 0 spiro atoms. The minimum absolute atomic E-state index is 0.144. The summed E-state index contributed by atoms with van der Waals surface area (Å²) >= 11 is 0. The first-order chi connectivity index (χ1) is 19.8. The van der Waals surface area contributed by atoms with Crippen LogP contribution in [0.3, 0.4) is 0 Å². The number of nitrogen functional groups attached to an aromatic ring is 1. The maximum absolute atomic E-state index is 14.1. The highest BCUT2D eigenvalue weighted by molar-refractivity contribution is 6.05. The molecule has 224 valence electrons. The minimum atomic E-state index is -5.18. The van der Waals surface area contributed by atoms with E-state index in [0.29, 0.717) is 11.6 Å². The molecule has 0 saturated carbocycles. The van der Waals surface area contributed by atoms with Crippen molar-refractivity contribution in [3.63, 3.8) is 0 Å². The van der Waals surface area contributed by atoms with Gasteiger partial charge in [-0.2, -0.15) is 18.3 Å². The van der Waals surface area contributed by atoms with Crippen molar-refractivity contribution in [3.8, 4) is 5.75 Å². The molecule has 0 amide bonds. The van der Waals surface area contributed by atoms with Crippen molar-refractivity contribution in [2.75, 3.05) is 12.3 Å². The second-order valence-electron chi connectivity index (χ2n) is 8.88. The molecule has 12 nitrogen and oxygen atoms in total. The summed E-state index contributed by atoms with van der Waals surface area (Å²) in [4.78, 5) is 7.44. The molecule has 1 fully saturated rings. The van der Waals surface area contributed by atoms with E-state index in [4.69, 9.17) is 20.6 Å². The van der Waals surface area contributed by atoms with E-state index < -0.39 is 83.4 Å². The number of nitrogens with one attached hydrogen (secondary N) is 1. The third kappa shape index (κ3) is 6.60. The predicted molar refractivity (Wildman–Crippen MR) is 135 cm³/mol. The third-order valence-corrected chi connectivity index (χ3v) is 6.00. The van der Waals surface area contributed by atoms with Gasteiger partial charge in [0.25, 0.3) is 0 Å². The summed E-state index contributed by atoms with van der Waals surface area (Å²) in [6.45, 7) is -0.641. The maximum Gasteiger partial charge on any atom is 0.433 e. The number of hydrogen-bond acceptors (Lipinski definition) is 11. The molecule has 0 aliphatic carbocycles. The van der Waals surface area contributed by atoms with Crippen LogP contribution in [0.2, 0.25) is 0 Å². The molecular weight excluding hydrogens is 575 g/mol. The van der Waals surface area contributed by atoms with E-state index in [2.05, 4.69) is 15.1 Å². The standard InChI is InChI=1S/C25H23F5N6O6/c26-12-3-6-15(14(27)7-12)35-23-17(21(31)25(28,29)30)22(32)36(10-33-23)34-8-11-1-4-13(5-2-11)41-24-20(40)19(39)18(38)16(9-37)42-24/h1-8,10,16,18-20,24,31,37-40H,9,32H2/b31-21?,34-8+,35-23?. The first kappa shape index (κ1) is 30.7.